The normalized spacial score (nSPS) is 18.3. The van der Waals surface area contributed by atoms with E-state index in [4.69, 9.17) is 9.52 Å². The average Bonchev–Trinajstić information content (AvgIpc) is 3.10. The van der Waals surface area contributed by atoms with Gasteiger partial charge in [-0.15, -0.1) is 0 Å². The Morgan fingerprint density at radius 1 is 1.33 bits per heavy atom. The molecule has 0 aliphatic carbocycles. The zero-order valence-corrected chi connectivity index (χ0v) is 11.6. The van der Waals surface area contributed by atoms with Crippen LogP contribution in [-0.4, -0.2) is 34.5 Å². The summed E-state index contributed by atoms with van der Waals surface area (Å²) in [6.45, 7) is 0.538. The zero-order chi connectivity index (χ0) is 14.8. The number of carboxylic acid groups (broad SMARTS) is 1. The summed E-state index contributed by atoms with van der Waals surface area (Å²) in [4.78, 5) is 24.7. The van der Waals surface area contributed by atoms with Gasteiger partial charge in [-0.2, -0.15) is 0 Å². The van der Waals surface area contributed by atoms with Crippen molar-refractivity contribution in [3.8, 4) is 0 Å². The quantitative estimate of drug-likeness (QED) is 0.937. The van der Waals surface area contributed by atoms with Crippen LogP contribution in [0.3, 0.4) is 0 Å². The second-order valence-electron chi connectivity index (χ2n) is 5.33. The van der Waals surface area contributed by atoms with Crippen molar-refractivity contribution in [2.75, 3.05) is 6.54 Å². The van der Waals surface area contributed by atoms with E-state index in [1.807, 2.05) is 30.3 Å². The third-order valence-electron chi connectivity index (χ3n) is 3.92. The molecule has 5 nitrogen and oxygen atoms in total. The summed E-state index contributed by atoms with van der Waals surface area (Å²) < 4.78 is 5.67. The fourth-order valence-corrected chi connectivity index (χ4v) is 2.86. The molecule has 1 atom stereocenters. The number of carboxylic acids is 1. The van der Waals surface area contributed by atoms with Gasteiger partial charge in [-0.25, -0.2) is 4.79 Å². The Kier molecular flexibility index (Phi) is 3.64. The van der Waals surface area contributed by atoms with Gasteiger partial charge in [0.15, 0.2) is 0 Å². The number of nitrogens with zero attached hydrogens (tertiary/aromatic N) is 1. The van der Waals surface area contributed by atoms with Gasteiger partial charge in [0.1, 0.15) is 17.4 Å². The van der Waals surface area contributed by atoms with Gasteiger partial charge in [0.25, 0.3) is 0 Å². The Balaban J connectivity index is 1.64. The van der Waals surface area contributed by atoms with Crippen LogP contribution in [0.25, 0.3) is 11.0 Å². The molecule has 5 heteroatoms. The van der Waals surface area contributed by atoms with Crippen molar-refractivity contribution in [3.05, 3.63) is 36.1 Å². The Labute approximate surface area is 122 Å². The molecular formula is C16H17NO4. The van der Waals surface area contributed by atoms with Crippen molar-refractivity contribution in [3.63, 3.8) is 0 Å². The molecular weight excluding hydrogens is 270 g/mol. The highest BCUT2D eigenvalue weighted by Crippen LogP contribution is 2.22. The third-order valence-corrected chi connectivity index (χ3v) is 3.92. The molecule has 0 saturated carbocycles. The number of para-hydroxylation sites is 1. The summed E-state index contributed by atoms with van der Waals surface area (Å²) in [5.74, 6) is -0.263. The van der Waals surface area contributed by atoms with Crippen LogP contribution in [0.1, 0.15) is 25.0 Å². The number of fused-ring (bicyclic) bond motifs is 1. The summed E-state index contributed by atoms with van der Waals surface area (Å²) in [5, 5.41) is 10.1. The number of aliphatic carboxylic acids is 1. The van der Waals surface area contributed by atoms with Crippen LogP contribution in [-0.2, 0) is 16.0 Å². The maximum absolute atomic E-state index is 12.2. The summed E-state index contributed by atoms with van der Waals surface area (Å²) in [6, 6.07) is 8.97. The van der Waals surface area contributed by atoms with E-state index in [2.05, 4.69) is 0 Å². The number of carbonyl (C=O) groups excluding carboxylic acids is 1. The number of aryl methyl sites for hydroxylation is 1. The van der Waals surface area contributed by atoms with Crippen LogP contribution in [0.4, 0.5) is 0 Å². The molecule has 1 aliphatic heterocycles. The maximum atomic E-state index is 12.2. The second kappa shape index (κ2) is 5.60. The highest BCUT2D eigenvalue weighted by atomic mass is 16.4. The van der Waals surface area contributed by atoms with Crippen molar-refractivity contribution in [1.29, 1.82) is 0 Å². The van der Waals surface area contributed by atoms with Gasteiger partial charge in [0.05, 0.1) is 0 Å². The van der Waals surface area contributed by atoms with E-state index in [0.29, 0.717) is 19.4 Å². The SMILES string of the molecule is O=C(O)C1CCCN1C(=O)CCc1cc2ccccc2o1. The van der Waals surface area contributed by atoms with E-state index >= 15 is 0 Å². The molecule has 1 saturated heterocycles. The first-order chi connectivity index (χ1) is 10.1. The topological polar surface area (TPSA) is 70.8 Å². The summed E-state index contributed by atoms with van der Waals surface area (Å²) >= 11 is 0. The zero-order valence-electron chi connectivity index (χ0n) is 11.6. The number of furan rings is 1. The summed E-state index contributed by atoms with van der Waals surface area (Å²) in [7, 11) is 0. The molecule has 3 rings (SSSR count). The lowest BCUT2D eigenvalue weighted by Crippen LogP contribution is -2.40. The smallest absolute Gasteiger partial charge is 0.326 e. The van der Waals surface area contributed by atoms with Crippen molar-refractivity contribution in [1.82, 2.24) is 4.90 Å². The molecule has 0 bridgehead atoms. The van der Waals surface area contributed by atoms with Crippen molar-refractivity contribution >= 4 is 22.8 Å². The fraction of sp³-hybridized carbons (Fsp3) is 0.375. The molecule has 1 amide bonds. The highest BCUT2D eigenvalue weighted by Gasteiger charge is 2.33. The lowest BCUT2D eigenvalue weighted by molar-refractivity contribution is -0.148. The largest absolute Gasteiger partial charge is 0.480 e. The number of likely N-dealkylation sites (tertiary alicyclic amines) is 1. The first-order valence-electron chi connectivity index (χ1n) is 7.15. The summed E-state index contributed by atoms with van der Waals surface area (Å²) in [6.07, 6.45) is 2.08. The van der Waals surface area contributed by atoms with E-state index in [0.717, 1.165) is 23.2 Å². The molecule has 0 radical (unpaired) electrons. The minimum atomic E-state index is -0.912. The second-order valence-corrected chi connectivity index (χ2v) is 5.33. The fourth-order valence-electron chi connectivity index (χ4n) is 2.86. The van der Waals surface area contributed by atoms with E-state index in [-0.39, 0.29) is 12.3 Å². The first-order valence-corrected chi connectivity index (χ1v) is 7.15. The number of amides is 1. The van der Waals surface area contributed by atoms with Crippen LogP contribution in [0.5, 0.6) is 0 Å². The van der Waals surface area contributed by atoms with Crippen LogP contribution in [0, 0.1) is 0 Å². The Morgan fingerprint density at radius 2 is 2.14 bits per heavy atom. The molecule has 0 spiro atoms. The van der Waals surface area contributed by atoms with Gasteiger partial charge in [0, 0.05) is 24.8 Å². The number of benzene rings is 1. The van der Waals surface area contributed by atoms with E-state index in [1.54, 1.807) is 0 Å². The van der Waals surface area contributed by atoms with Gasteiger partial charge >= 0.3 is 5.97 Å². The van der Waals surface area contributed by atoms with Gasteiger partial charge in [-0.05, 0) is 25.0 Å². The third kappa shape index (κ3) is 2.77. The predicted molar refractivity (Wildman–Crippen MR) is 76.9 cm³/mol. The highest BCUT2D eigenvalue weighted by molar-refractivity contribution is 5.84. The molecule has 2 aromatic rings. The molecule has 2 heterocycles. The van der Waals surface area contributed by atoms with Crippen molar-refractivity contribution in [2.45, 2.75) is 31.7 Å². The molecule has 1 fully saturated rings. The monoisotopic (exact) mass is 287 g/mol. The maximum Gasteiger partial charge on any atom is 0.326 e. The summed E-state index contributed by atoms with van der Waals surface area (Å²) in [5.41, 5.74) is 0.810. The molecule has 1 unspecified atom stereocenters. The number of hydrogen-bond acceptors (Lipinski definition) is 3. The van der Waals surface area contributed by atoms with Gasteiger partial charge < -0.3 is 14.4 Å². The van der Waals surface area contributed by atoms with Crippen LogP contribution in [0.15, 0.2) is 34.7 Å². The molecule has 1 aliphatic rings. The molecule has 1 N–H and O–H groups in total. The minimum Gasteiger partial charge on any atom is -0.480 e. The van der Waals surface area contributed by atoms with Gasteiger partial charge in [-0.3, -0.25) is 4.79 Å². The number of hydrogen-bond donors (Lipinski definition) is 1. The van der Waals surface area contributed by atoms with Crippen molar-refractivity contribution in [2.24, 2.45) is 0 Å². The number of rotatable bonds is 4. The standard InChI is InChI=1S/C16H17NO4/c18-15(17-9-3-5-13(17)16(19)20)8-7-12-10-11-4-1-2-6-14(11)21-12/h1-2,4,6,10,13H,3,5,7-9H2,(H,19,20). The lowest BCUT2D eigenvalue weighted by atomic mass is 10.2. The van der Waals surface area contributed by atoms with Gasteiger partial charge in [0.2, 0.25) is 5.91 Å². The molecule has 110 valence electrons. The number of carbonyl (C=O) groups is 2. The Bertz CT molecular complexity index is 643. The van der Waals surface area contributed by atoms with E-state index in [1.165, 1.54) is 4.90 Å². The first kappa shape index (κ1) is 13.7. The van der Waals surface area contributed by atoms with E-state index < -0.39 is 12.0 Å². The van der Waals surface area contributed by atoms with Crippen LogP contribution in [0.2, 0.25) is 0 Å². The van der Waals surface area contributed by atoms with Crippen molar-refractivity contribution < 1.29 is 19.1 Å². The van der Waals surface area contributed by atoms with Crippen LogP contribution >= 0.6 is 0 Å². The lowest BCUT2D eigenvalue weighted by Gasteiger charge is -2.21. The minimum absolute atomic E-state index is 0.111. The molecule has 1 aromatic heterocycles. The van der Waals surface area contributed by atoms with Crippen LogP contribution < -0.4 is 0 Å². The average molecular weight is 287 g/mol. The predicted octanol–water partition coefficient (Wildman–Crippen LogP) is 2.44. The van der Waals surface area contributed by atoms with E-state index in [9.17, 15) is 9.59 Å². The Hall–Kier alpha value is -2.30. The molecule has 1 aromatic carbocycles. The molecule has 21 heavy (non-hydrogen) atoms. The van der Waals surface area contributed by atoms with Gasteiger partial charge in [-0.1, -0.05) is 18.2 Å². The Morgan fingerprint density at radius 3 is 2.90 bits per heavy atom.